The molecule has 0 radical (unpaired) electrons. The molecule has 0 amide bonds. The minimum atomic E-state index is -1.02. The lowest BCUT2D eigenvalue weighted by molar-refractivity contribution is -0.150. The Morgan fingerprint density at radius 2 is 1.67 bits per heavy atom. The summed E-state index contributed by atoms with van der Waals surface area (Å²) in [5, 5.41) is 8.90. The molecule has 0 aromatic heterocycles. The first kappa shape index (κ1) is 17.5. The van der Waals surface area contributed by atoms with Crippen LogP contribution in [0.4, 0.5) is 0 Å². The number of aliphatic carboxylic acids is 1. The first-order valence-electron chi connectivity index (χ1n) is 7.63. The van der Waals surface area contributed by atoms with Crippen LogP contribution in [0, 0.1) is 5.92 Å². The van der Waals surface area contributed by atoms with E-state index in [1.54, 1.807) is 0 Å². The molecule has 1 atom stereocenters. The number of carboxylic acid groups (broad SMARTS) is 1. The average Bonchev–Trinajstić information content (AvgIpc) is 2.60. The van der Waals surface area contributed by atoms with Gasteiger partial charge >= 0.3 is 11.9 Å². The fraction of sp³-hybridized carbons (Fsp3) is 0.263. The van der Waals surface area contributed by atoms with Gasteiger partial charge < -0.3 is 14.6 Å². The van der Waals surface area contributed by atoms with Crippen LogP contribution in [0.2, 0.25) is 0 Å². The van der Waals surface area contributed by atoms with Crippen LogP contribution in [0.5, 0.6) is 5.75 Å². The second-order valence-corrected chi connectivity index (χ2v) is 5.44. The highest BCUT2D eigenvalue weighted by Crippen LogP contribution is 2.19. The first-order chi connectivity index (χ1) is 11.6. The van der Waals surface area contributed by atoms with Gasteiger partial charge in [0.2, 0.25) is 0 Å². The predicted octanol–water partition coefficient (Wildman–Crippen LogP) is 3.07. The van der Waals surface area contributed by atoms with Crippen LogP contribution in [0.3, 0.4) is 0 Å². The Morgan fingerprint density at radius 1 is 1.00 bits per heavy atom. The van der Waals surface area contributed by atoms with E-state index in [1.807, 2.05) is 54.6 Å². The van der Waals surface area contributed by atoms with Gasteiger partial charge in [0.1, 0.15) is 12.4 Å². The molecule has 0 fully saturated rings. The van der Waals surface area contributed by atoms with Gasteiger partial charge in [-0.2, -0.15) is 0 Å². The van der Waals surface area contributed by atoms with E-state index in [4.69, 9.17) is 9.84 Å². The molecule has 0 aliphatic heterocycles. The summed E-state index contributed by atoms with van der Waals surface area (Å²) < 4.78 is 10.4. The molecular formula is C19H20O5. The lowest BCUT2D eigenvalue weighted by Crippen LogP contribution is -2.22. The zero-order valence-electron chi connectivity index (χ0n) is 13.5. The van der Waals surface area contributed by atoms with Crippen LogP contribution >= 0.6 is 0 Å². The van der Waals surface area contributed by atoms with Gasteiger partial charge in [-0.25, -0.2) is 0 Å². The van der Waals surface area contributed by atoms with E-state index in [-0.39, 0.29) is 6.42 Å². The Hall–Kier alpha value is -2.82. The molecule has 0 aliphatic carbocycles. The Balaban J connectivity index is 1.95. The molecule has 0 aliphatic rings. The zero-order valence-corrected chi connectivity index (χ0v) is 13.5. The standard InChI is InChI=1S/C19H20O5/c1-23-19(22)16(12-18(20)21)11-14-7-9-17(10-8-14)24-13-15-5-3-2-4-6-15/h2-10,16H,11-13H2,1H3,(H,20,21)/t16-/m1/s1. The molecule has 2 rings (SSSR count). The molecule has 0 saturated heterocycles. The SMILES string of the molecule is COC(=O)[C@@H](CC(=O)O)Cc1ccc(OCc2ccccc2)cc1. The number of hydrogen-bond donors (Lipinski definition) is 1. The van der Waals surface area contributed by atoms with Gasteiger partial charge in [-0.15, -0.1) is 0 Å². The van der Waals surface area contributed by atoms with E-state index in [9.17, 15) is 9.59 Å². The van der Waals surface area contributed by atoms with Gasteiger partial charge in [-0.05, 0) is 29.7 Å². The largest absolute Gasteiger partial charge is 0.489 e. The Kier molecular flexibility index (Phi) is 6.37. The van der Waals surface area contributed by atoms with Crippen LogP contribution in [0.15, 0.2) is 54.6 Å². The zero-order chi connectivity index (χ0) is 17.4. The van der Waals surface area contributed by atoms with E-state index in [0.29, 0.717) is 13.0 Å². The lowest BCUT2D eigenvalue weighted by atomic mass is 9.96. The van der Waals surface area contributed by atoms with Crippen molar-refractivity contribution in [2.24, 2.45) is 5.92 Å². The van der Waals surface area contributed by atoms with Crippen molar-refractivity contribution in [1.29, 1.82) is 0 Å². The van der Waals surface area contributed by atoms with Crippen LogP contribution in [0.1, 0.15) is 17.5 Å². The Morgan fingerprint density at radius 3 is 2.25 bits per heavy atom. The van der Waals surface area contributed by atoms with Crippen molar-refractivity contribution in [2.75, 3.05) is 7.11 Å². The number of benzene rings is 2. The van der Waals surface area contributed by atoms with Gasteiger partial charge in [-0.3, -0.25) is 9.59 Å². The minimum absolute atomic E-state index is 0.251. The number of esters is 1. The topological polar surface area (TPSA) is 72.8 Å². The van der Waals surface area contributed by atoms with Crippen molar-refractivity contribution < 1.29 is 24.2 Å². The van der Waals surface area contributed by atoms with Crippen molar-refractivity contribution in [1.82, 2.24) is 0 Å². The monoisotopic (exact) mass is 328 g/mol. The minimum Gasteiger partial charge on any atom is -0.489 e. The van der Waals surface area contributed by atoms with Gasteiger partial charge in [-0.1, -0.05) is 42.5 Å². The summed E-state index contributed by atoms with van der Waals surface area (Å²) in [6, 6.07) is 17.1. The third-order valence-electron chi connectivity index (χ3n) is 3.61. The predicted molar refractivity (Wildman–Crippen MR) is 88.7 cm³/mol. The molecule has 5 nitrogen and oxygen atoms in total. The van der Waals surface area contributed by atoms with Gasteiger partial charge in [0.25, 0.3) is 0 Å². The first-order valence-corrected chi connectivity index (χ1v) is 7.63. The highest BCUT2D eigenvalue weighted by molar-refractivity contribution is 5.79. The number of carbonyl (C=O) groups is 2. The molecule has 0 bridgehead atoms. The van der Waals surface area contributed by atoms with Crippen LogP contribution < -0.4 is 4.74 Å². The summed E-state index contributed by atoms with van der Waals surface area (Å²) >= 11 is 0. The fourth-order valence-electron chi connectivity index (χ4n) is 2.36. The van der Waals surface area contributed by atoms with Crippen molar-refractivity contribution in [3.05, 3.63) is 65.7 Å². The summed E-state index contributed by atoms with van der Waals surface area (Å²) in [5.74, 6) is -1.51. The van der Waals surface area contributed by atoms with E-state index in [1.165, 1.54) is 7.11 Å². The maximum Gasteiger partial charge on any atom is 0.309 e. The molecule has 126 valence electrons. The second kappa shape index (κ2) is 8.72. The molecule has 0 heterocycles. The summed E-state index contributed by atoms with van der Waals surface area (Å²) in [6.45, 7) is 0.476. The molecule has 0 saturated carbocycles. The van der Waals surface area contributed by atoms with E-state index >= 15 is 0 Å². The van der Waals surface area contributed by atoms with Gasteiger partial charge in [0, 0.05) is 0 Å². The van der Waals surface area contributed by atoms with E-state index < -0.39 is 17.9 Å². The molecule has 1 N–H and O–H groups in total. The summed E-state index contributed by atoms with van der Waals surface area (Å²) in [5.41, 5.74) is 1.94. The van der Waals surface area contributed by atoms with E-state index in [0.717, 1.165) is 16.9 Å². The smallest absolute Gasteiger partial charge is 0.309 e. The number of ether oxygens (including phenoxy) is 2. The number of carbonyl (C=O) groups excluding carboxylic acids is 1. The van der Waals surface area contributed by atoms with Crippen molar-refractivity contribution in [2.45, 2.75) is 19.4 Å². The third-order valence-corrected chi connectivity index (χ3v) is 3.61. The Labute approximate surface area is 140 Å². The number of methoxy groups -OCH3 is 1. The van der Waals surface area contributed by atoms with Crippen LogP contribution in [0.25, 0.3) is 0 Å². The highest BCUT2D eigenvalue weighted by Gasteiger charge is 2.22. The molecular weight excluding hydrogens is 308 g/mol. The quantitative estimate of drug-likeness (QED) is 0.754. The molecule has 5 heteroatoms. The van der Waals surface area contributed by atoms with Crippen molar-refractivity contribution in [3.63, 3.8) is 0 Å². The number of carboxylic acids is 1. The molecule has 2 aromatic rings. The van der Waals surface area contributed by atoms with Gasteiger partial charge in [0.15, 0.2) is 0 Å². The third kappa shape index (κ3) is 5.43. The highest BCUT2D eigenvalue weighted by atomic mass is 16.5. The summed E-state index contributed by atoms with van der Waals surface area (Å²) in [6.07, 6.45) is 0.0663. The molecule has 0 spiro atoms. The second-order valence-electron chi connectivity index (χ2n) is 5.44. The molecule has 2 aromatic carbocycles. The van der Waals surface area contributed by atoms with Crippen LogP contribution in [-0.2, 0) is 27.4 Å². The number of rotatable bonds is 8. The summed E-state index contributed by atoms with van der Waals surface area (Å²) in [7, 11) is 1.26. The van der Waals surface area contributed by atoms with Crippen molar-refractivity contribution >= 4 is 11.9 Å². The molecule has 24 heavy (non-hydrogen) atoms. The van der Waals surface area contributed by atoms with E-state index in [2.05, 4.69) is 4.74 Å². The maximum absolute atomic E-state index is 11.7. The lowest BCUT2D eigenvalue weighted by Gasteiger charge is -2.13. The number of hydrogen-bond acceptors (Lipinski definition) is 4. The Bertz CT molecular complexity index is 664. The van der Waals surface area contributed by atoms with Gasteiger partial charge in [0.05, 0.1) is 19.4 Å². The normalized spacial score (nSPS) is 11.5. The fourth-order valence-corrected chi connectivity index (χ4v) is 2.36. The van der Waals surface area contributed by atoms with Crippen LogP contribution in [-0.4, -0.2) is 24.2 Å². The summed E-state index contributed by atoms with van der Waals surface area (Å²) in [4.78, 5) is 22.5. The van der Waals surface area contributed by atoms with Crippen molar-refractivity contribution in [3.8, 4) is 5.75 Å². The molecule has 0 unspecified atom stereocenters. The average molecular weight is 328 g/mol. The maximum atomic E-state index is 11.7.